The number of fused-ring (bicyclic) bond motifs is 1. The zero-order valence-corrected chi connectivity index (χ0v) is 22.9. The molecule has 5 fully saturated rings. The molecule has 5 aliphatic rings. The van der Waals surface area contributed by atoms with Crippen LogP contribution in [0.4, 0.5) is 0 Å². The summed E-state index contributed by atoms with van der Waals surface area (Å²) in [6.07, 6.45) is 23.4. The minimum Gasteiger partial charge on any atom is -0.372 e. The van der Waals surface area contributed by atoms with E-state index in [1.165, 1.54) is 83.5 Å². The molecule has 3 aliphatic heterocycles. The van der Waals surface area contributed by atoms with Crippen molar-refractivity contribution in [3.63, 3.8) is 0 Å². The first kappa shape index (κ1) is 27.3. The van der Waals surface area contributed by atoms with Gasteiger partial charge in [0.05, 0.1) is 6.61 Å². The Hall–Kier alpha value is -0.240. The van der Waals surface area contributed by atoms with E-state index in [1.807, 2.05) is 0 Å². The number of hydrogen-bond donors (Lipinski definition) is 0. The Morgan fingerprint density at radius 3 is 1.92 bits per heavy atom. The van der Waals surface area contributed by atoms with Crippen molar-refractivity contribution in [2.45, 2.75) is 178 Å². The lowest BCUT2D eigenvalue weighted by Gasteiger charge is -2.35. The van der Waals surface area contributed by atoms with Crippen LogP contribution in [0.3, 0.4) is 0 Å². The van der Waals surface area contributed by atoms with E-state index in [1.54, 1.807) is 0 Å². The highest BCUT2D eigenvalue weighted by atomic mass is 16.9. The van der Waals surface area contributed by atoms with Gasteiger partial charge in [0.15, 0.2) is 17.9 Å². The quantitative estimate of drug-likeness (QED) is 0.246. The second-order valence-corrected chi connectivity index (χ2v) is 12.1. The lowest BCUT2D eigenvalue weighted by molar-refractivity contribution is -0.262. The maximum absolute atomic E-state index is 6.64. The Kier molecular flexibility index (Phi) is 10.0. The minimum atomic E-state index is -0.463. The van der Waals surface area contributed by atoms with Gasteiger partial charge >= 0.3 is 0 Å². The molecule has 6 heteroatoms. The fraction of sp³-hybridized carbons (Fsp3) is 1.00. The van der Waals surface area contributed by atoms with E-state index >= 15 is 0 Å². The Morgan fingerprint density at radius 2 is 1.25 bits per heavy atom. The lowest BCUT2D eigenvalue weighted by Crippen LogP contribution is -2.46. The molecule has 36 heavy (non-hydrogen) atoms. The molecule has 0 aromatic rings. The van der Waals surface area contributed by atoms with Crippen molar-refractivity contribution in [1.29, 1.82) is 0 Å². The zero-order chi connectivity index (χ0) is 24.7. The molecule has 3 heterocycles. The first-order chi connectivity index (χ1) is 17.7. The van der Waals surface area contributed by atoms with Gasteiger partial charge in [0.2, 0.25) is 0 Å². The van der Waals surface area contributed by atoms with Crippen LogP contribution in [0, 0.1) is 0 Å². The fourth-order valence-corrected chi connectivity index (χ4v) is 7.07. The van der Waals surface area contributed by atoms with Gasteiger partial charge in [0, 0.05) is 32.3 Å². The van der Waals surface area contributed by atoms with Crippen LogP contribution in [0.15, 0.2) is 0 Å². The van der Waals surface area contributed by atoms with E-state index in [9.17, 15) is 0 Å². The van der Waals surface area contributed by atoms with Gasteiger partial charge in [0.1, 0.15) is 24.4 Å². The summed E-state index contributed by atoms with van der Waals surface area (Å²) in [6.45, 7) is 3.61. The molecule has 0 radical (unpaired) electrons. The first-order valence-corrected chi connectivity index (χ1v) is 15.7. The van der Waals surface area contributed by atoms with Gasteiger partial charge in [-0.1, -0.05) is 77.6 Å². The van der Waals surface area contributed by atoms with Crippen LogP contribution in [-0.4, -0.2) is 55.5 Å². The van der Waals surface area contributed by atoms with Crippen LogP contribution in [0.1, 0.15) is 135 Å². The zero-order valence-electron chi connectivity index (χ0n) is 22.9. The van der Waals surface area contributed by atoms with Gasteiger partial charge in [-0.15, -0.1) is 0 Å². The van der Waals surface area contributed by atoms with Crippen LogP contribution < -0.4 is 0 Å². The van der Waals surface area contributed by atoms with Crippen LogP contribution in [0.5, 0.6) is 0 Å². The average molecular weight is 509 g/mol. The highest BCUT2D eigenvalue weighted by Gasteiger charge is 2.61. The van der Waals surface area contributed by atoms with Gasteiger partial charge < -0.3 is 28.4 Å². The van der Waals surface area contributed by atoms with E-state index in [2.05, 4.69) is 6.92 Å². The molecule has 2 spiro atoms. The highest BCUT2D eigenvalue weighted by Crippen LogP contribution is 2.48. The van der Waals surface area contributed by atoms with Crippen molar-refractivity contribution in [3.05, 3.63) is 0 Å². The molecule has 3 saturated heterocycles. The van der Waals surface area contributed by atoms with Crippen molar-refractivity contribution in [1.82, 2.24) is 0 Å². The molecule has 6 nitrogen and oxygen atoms in total. The molecule has 0 amide bonds. The maximum Gasteiger partial charge on any atom is 0.190 e. The van der Waals surface area contributed by atoms with Crippen LogP contribution in [-0.2, 0) is 28.4 Å². The Balaban J connectivity index is 1.10. The summed E-state index contributed by atoms with van der Waals surface area (Å²) < 4.78 is 39.0. The maximum atomic E-state index is 6.64. The van der Waals surface area contributed by atoms with Crippen molar-refractivity contribution in [3.8, 4) is 0 Å². The monoisotopic (exact) mass is 508 g/mol. The Labute approximate surface area is 219 Å². The van der Waals surface area contributed by atoms with Crippen molar-refractivity contribution in [2.24, 2.45) is 0 Å². The molecular formula is C30H52O6. The van der Waals surface area contributed by atoms with E-state index in [0.29, 0.717) is 6.61 Å². The van der Waals surface area contributed by atoms with Crippen molar-refractivity contribution >= 4 is 0 Å². The number of unbranched alkanes of at least 4 members (excludes halogenated alkanes) is 9. The second kappa shape index (κ2) is 13.2. The third kappa shape index (κ3) is 6.66. The molecule has 0 aromatic carbocycles. The molecule has 208 valence electrons. The predicted octanol–water partition coefficient (Wildman–Crippen LogP) is 7.17. The van der Waals surface area contributed by atoms with Gasteiger partial charge in [-0.25, -0.2) is 0 Å². The first-order valence-electron chi connectivity index (χ1n) is 15.7. The summed E-state index contributed by atoms with van der Waals surface area (Å²) in [4.78, 5) is 0. The Morgan fingerprint density at radius 1 is 0.639 bits per heavy atom. The summed E-state index contributed by atoms with van der Waals surface area (Å²) in [5.74, 6) is -0.869. The molecule has 0 bridgehead atoms. The van der Waals surface area contributed by atoms with Crippen molar-refractivity contribution < 1.29 is 28.4 Å². The smallest absolute Gasteiger partial charge is 0.190 e. The van der Waals surface area contributed by atoms with Gasteiger partial charge in [-0.3, -0.25) is 0 Å². The molecule has 0 N–H and O–H groups in total. The SMILES string of the molecule is CCCCCCCCCCCCOC1C(C2COC3(CCCCC3)O2)OC2OC3(CCCCC3)OC21. The molecule has 5 rings (SSSR count). The third-order valence-electron chi connectivity index (χ3n) is 9.17. The molecular weight excluding hydrogens is 456 g/mol. The van der Waals surface area contributed by atoms with Crippen LogP contribution >= 0.6 is 0 Å². The molecule has 5 unspecified atom stereocenters. The summed E-state index contributed by atoms with van der Waals surface area (Å²) in [6, 6.07) is 0. The van der Waals surface area contributed by atoms with Gasteiger partial charge in [-0.2, -0.15) is 0 Å². The second-order valence-electron chi connectivity index (χ2n) is 12.1. The molecule has 5 atom stereocenters. The summed E-state index contributed by atoms with van der Waals surface area (Å²) in [5.41, 5.74) is 0. The summed E-state index contributed by atoms with van der Waals surface area (Å²) in [7, 11) is 0. The minimum absolute atomic E-state index is 0.110. The van der Waals surface area contributed by atoms with Crippen LogP contribution in [0.2, 0.25) is 0 Å². The average Bonchev–Trinajstić information content (AvgIpc) is 3.55. The highest BCUT2D eigenvalue weighted by molar-refractivity contribution is 5.01. The molecule has 0 aromatic heterocycles. The lowest BCUT2D eigenvalue weighted by atomic mass is 9.94. The molecule has 2 aliphatic carbocycles. The van der Waals surface area contributed by atoms with Crippen LogP contribution in [0.25, 0.3) is 0 Å². The van der Waals surface area contributed by atoms with E-state index < -0.39 is 11.6 Å². The van der Waals surface area contributed by atoms with E-state index in [-0.39, 0.29) is 30.7 Å². The normalized spacial score (nSPS) is 35.1. The number of ether oxygens (including phenoxy) is 6. The van der Waals surface area contributed by atoms with E-state index in [4.69, 9.17) is 28.4 Å². The number of hydrogen-bond acceptors (Lipinski definition) is 6. The predicted molar refractivity (Wildman–Crippen MR) is 139 cm³/mol. The van der Waals surface area contributed by atoms with Gasteiger partial charge in [0.25, 0.3) is 0 Å². The van der Waals surface area contributed by atoms with Crippen molar-refractivity contribution in [2.75, 3.05) is 13.2 Å². The molecule has 2 saturated carbocycles. The fourth-order valence-electron chi connectivity index (χ4n) is 7.07. The summed E-state index contributed by atoms with van der Waals surface area (Å²) >= 11 is 0. The van der Waals surface area contributed by atoms with Gasteiger partial charge in [-0.05, 0) is 32.1 Å². The standard InChI is InChI=1S/C30H52O6/c1-2-3-4-5-6-7-8-9-10-17-22-31-26-25(24-23-32-29(34-24)18-13-11-14-19-29)33-28-27(26)35-30(36-28)20-15-12-16-21-30/h24-28H,2-23H2,1H3. The third-order valence-corrected chi connectivity index (χ3v) is 9.17. The number of rotatable bonds is 13. The topological polar surface area (TPSA) is 55.4 Å². The van der Waals surface area contributed by atoms with E-state index in [0.717, 1.165) is 51.6 Å². The largest absolute Gasteiger partial charge is 0.372 e. The summed E-state index contributed by atoms with van der Waals surface area (Å²) in [5, 5.41) is 0. The Bertz CT molecular complexity index is 643.